The van der Waals surface area contributed by atoms with Crippen LogP contribution in [0.1, 0.15) is 54.7 Å². The van der Waals surface area contributed by atoms with Gasteiger partial charge in [0.25, 0.3) is 0 Å². The van der Waals surface area contributed by atoms with Crippen molar-refractivity contribution in [3.05, 3.63) is 106 Å². The van der Waals surface area contributed by atoms with E-state index in [9.17, 15) is 14.0 Å². The van der Waals surface area contributed by atoms with Gasteiger partial charge < -0.3 is 4.74 Å². The smallest absolute Gasteiger partial charge is 0.339 e. The van der Waals surface area contributed by atoms with Gasteiger partial charge in [-0.2, -0.15) is 0 Å². The van der Waals surface area contributed by atoms with Gasteiger partial charge in [-0.25, -0.2) is 9.18 Å². The van der Waals surface area contributed by atoms with Gasteiger partial charge in [-0.1, -0.05) is 80.9 Å². The van der Waals surface area contributed by atoms with Gasteiger partial charge in [0.2, 0.25) is 5.78 Å². The second kappa shape index (κ2) is 10.1. The van der Waals surface area contributed by atoms with Crippen molar-refractivity contribution in [2.24, 2.45) is 0 Å². The molecule has 1 unspecified atom stereocenters. The number of benzene rings is 3. The molecule has 0 aliphatic rings. The number of hydrogen-bond donors (Lipinski definition) is 0. The molecule has 0 saturated carbocycles. The molecule has 3 aromatic carbocycles. The maximum atomic E-state index is 13.4. The van der Waals surface area contributed by atoms with E-state index in [1.54, 1.807) is 49.4 Å². The molecule has 0 N–H and O–H groups in total. The molecule has 0 fully saturated rings. The topological polar surface area (TPSA) is 43.4 Å². The summed E-state index contributed by atoms with van der Waals surface area (Å²) >= 11 is 5.95. The Balaban J connectivity index is 1.84. The Kier molecular flexibility index (Phi) is 7.50. The zero-order chi connectivity index (χ0) is 24.2. The van der Waals surface area contributed by atoms with Gasteiger partial charge in [0.05, 0.1) is 5.57 Å². The average Bonchev–Trinajstić information content (AvgIpc) is 2.78. The van der Waals surface area contributed by atoms with Gasteiger partial charge in [0.1, 0.15) is 5.82 Å². The van der Waals surface area contributed by atoms with Crippen LogP contribution in [-0.2, 0) is 14.9 Å². The number of ether oxygens (including phenoxy) is 1. The maximum Gasteiger partial charge on any atom is 0.339 e. The van der Waals surface area contributed by atoms with Crippen molar-refractivity contribution in [2.45, 2.75) is 39.2 Å². The lowest BCUT2D eigenvalue weighted by atomic mass is 9.86. The van der Waals surface area contributed by atoms with Gasteiger partial charge >= 0.3 is 5.97 Å². The maximum absolute atomic E-state index is 13.4. The minimum Gasteiger partial charge on any atom is -0.451 e. The molecule has 3 nitrogen and oxygen atoms in total. The van der Waals surface area contributed by atoms with Gasteiger partial charge in [0.15, 0.2) is 6.10 Å². The monoisotopic (exact) mass is 464 g/mol. The molecule has 0 heterocycles. The zero-order valence-electron chi connectivity index (χ0n) is 19.1. The third kappa shape index (κ3) is 6.39. The highest BCUT2D eigenvalue weighted by Gasteiger charge is 2.23. The fourth-order valence-electron chi connectivity index (χ4n) is 3.26. The first-order valence-electron chi connectivity index (χ1n) is 10.6. The molecule has 0 aliphatic heterocycles. The summed E-state index contributed by atoms with van der Waals surface area (Å²) in [5, 5.41) is 0.565. The first-order valence-corrected chi connectivity index (χ1v) is 11.0. The molecule has 0 amide bonds. The van der Waals surface area contributed by atoms with Crippen LogP contribution in [0.3, 0.4) is 0 Å². The molecule has 0 aliphatic carbocycles. The molecule has 5 heteroatoms. The molecule has 170 valence electrons. The van der Waals surface area contributed by atoms with Crippen LogP contribution < -0.4 is 0 Å². The van der Waals surface area contributed by atoms with Crippen molar-refractivity contribution in [1.82, 2.24) is 0 Å². The van der Waals surface area contributed by atoms with Crippen LogP contribution in [-0.4, -0.2) is 17.9 Å². The molecule has 33 heavy (non-hydrogen) atoms. The number of ketones is 1. The highest BCUT2D eigenvalue weighted by atomic mass is 35.5. The standard InChI is InChI=1S/C28H26ClFO3/c1-18(26(31)21-7-11-22(12-8-21)28(2,3)4)33-27(32)25(20-9-15-24(30)16-10-20)17-19-5-13-23(29)14-6-19/h5-18H,1-4H3. The Bertz CT molecular complexity index is 1160. The molecule has 3 aromatic rings. The van der Waals surface area contributed by atoms with Gasteiger partial charge in [-0.15, -0.1) is 0 Å². The highest BCUT2D eigenvalue weighted by molar-refractivity contribution is 6.30. The highest BCUT2D eigenvalue weighted by Crippen LogP contribution is 2.24. The number of rotatable bonds is 6. The summed E-state index contributed by atoms with van der Waals surface area (Å²) in [6.07, 6.45) is 0.633. The predicted molar refractivity (Wildman–Crippen MR) is 131 cm³/mol. The molecule has 0 bridgehead atoms. The van der Waals surface area contributed by atoms with Gasteiger partial charge in [0, 0.05) is 10.6 Å². The van der Waals surface area contributed by atoms with Crippen LogP contribution in [0, 0.1) is 5.82 Å². The van der Waals surface area contributed by atoms with Gasteiger partial charge in [-0.3, -0.25) is 4.79 Å². The summed E-state index contributed by atoms with van der Waals surface area (Å²) in [4.78, 5) is 25.9. The molecule has 0 radical (unpaired) electrons. The SMILES string of the molecule is CC(OC(=O)C(=Cc1ccc(Cl)cc1)c1ccc(F)cc1)C(=O)c1ccc(C(C)(C)C)cc1. The Morgan fingerprint density at radius 2 is 1.42 bits per heavy atom. The fraction of sp³-hybridized carbons (Fsp3) is 0.214. The van der Waals surface area contributed by atoms with Crippen LogP contribution in [0.25, 0.3) is 11.6 Å². The number of hydrogen-bond acceptors (Lipinski definition) is 3. The fourth-order valence-corrected chi connectivity index (χ4v) is 3.39. The first kappa shape index (κ1) is 24.4. The van der Waals surface area contributed by atoms with Crippen molar-refractivity contribution < 1.29 is 18.7 Å². The van der Waals surface area contributed by atoms with E-state index >= 15 is 0 Å². The number of halogens is 2. The van der Waals surface area contributed by atoms with Crippen LogP contribution >= 0.6 is 11.6 Å². The molecule has 0 spiro atoms. The third-order valence-electron chi connectivity index (χ3n) is 5.24. The van der Waals surface area contributed by atoms with E-state index in [4.69, 9.17) is 16.3 Å². The lowest BCUT2D eigenvalue weighted by molar-refractivity contribution is -0.139. The normalized spacial score (nSPS) is 12.8. The van der Waals surface area contributed by atoms with Crippen molar-refractivity contribution in [2.75, 3.05) is 0 Å². The lowest BCUT2D eigenvalue weighted by Gasteiger charge is -2.19. The van der Waals surface area contributed by atoms with E-state index in [1.807, 2.05) is 12.1 Å². The van der Waals surface area contributed by atoms with Crippen LogP contribution in [0.4, 0.5) is 4.39 Å². The summed E-state index contributed by atoms with van der Waals surface area (Å²) in [5.74, 6) is -1.39. The first-order chi connectivity index (χ1) is 15.5. The number of esters is 1. The summed E-state index contributed by atoms with van der Waals surface area (Å²) in [5.41, 5.74) is 2.94. The molecular weight excluding hydrogens is 439 g/mol. The predicted octanol–water partition coefficient (Wildman–Crippen LogP) is 7.13. The Labute approximate surface area is 198 Å². The summed E-state index contributed by atoms with van der Waals surface area (Å²) in [7, 11) is 0. The Hall–Kier alpha value is -3.24. The molecule has 0 aromatic heterocycles. The minimum absolute atomic E-state index is 0.0316. The summed E-state index contributed by atoms with van der Waals surface area (Å²) < 4.78 is 19.0. The average molecular weight is 465 g/mol. The van der Waals surface area contributed by atoms with Crippen molar-refractivity contribution >= 4 is 35.0 Å². The van der Waals surface area contributed by atoms with Crippen molar-refractivity contribution in [3.8, 4) is 0 Å². The van der Waals surface area contributed by atoms with Crippen LogP contribution in [0.15, 0.2) is 72.8 Å². The van der Waals surface area contributed by atoms with Crippen LogP contribution in [0.5, 0.6) is 0 Å². The third-order valence-corrected chi connectivity index (χ3v) is 5.50. The lowest BCUT2D eigenvalue weighted by Crippen LogP contribution is -2.25. The summed E-state index contributed by atoms with van der Waals surface area (Å²) in [6, 6.07) is 19.8. The van der Waals surface area contributed by atoms with E-state index in [0.717, 1.165) is 5.56 Å². The Morgan fingerprint density at radius 3 is 1.97 bits per heavy atom. The molecular formula is C28H26ClFO3. The molecule has 3 rings (SSSR count). The van der Waals surface area contributed by atoms with E-state index in [-0.39, 0.29) is 16.8 Å². The summed E-state index contributed by atoms with van der Waals surface area (Å²) in [6.45, 7) is 7.83. The number of carbonyl (C=O) groups is 2. The minimum atomic E-state index is -0.993. The van der Waals surface area contributed by atoms with Gasteiger partial charge in [-0.05, 0) is 59.4 Å². The largest absolute Gasteiger partial charge is 0.451 e. The number of Topliss-reactive ketones (excluding diaryl/α,β-unsaturated/α-hetero) is 1. The van der Waals surface area contributed by atoms with Crippen LogP contribution in [0.2, 0.25) is 5.02 Å². The zero-order valence-corrected chi connectivity index (χ0v) is 19.8. The van der Waals surface area contributed by atoms with Crippen molar-refractivity contribution in [1.29, 1.82) is 0 Å². The second-order valence-electron chi connectivity index (χ2n) is 8.86. The Morgan fingerprint density at radius 1 is 0.879 bits per heavy atom. The van der Waals surface area contributed by atoms with E-state index < -0.39 is 17.9 Å². The van der Waals surface area contributed by atoms with E-state index in [1.165, 1.54) is 24.3 Å². The molecule has 0 saturated heterocycles. The van der Waals surface area contributed by atoms with Crippen molar-refractivity contribution in [3.63, 3.8) is 0 Å². The molecule has 1 atom stereocenters. The quantitative estimate of drug-likeness (QED) is 0.168. The van der Waals surface area contributed by atoms with E-state index in [2.05, 4.69) is 20.8 Å². The number of carbonyl (C=O) groups excluding carboxylic acids is 2. The second-order valence-corrected chi connectivity index (χ2v) is 9.29. The van der Waals surface area contributed by atoms with E-state index in [0.29, 0.717) is 21.7 Å².